The fourth-order valence-corrected chi connectivity index (χ4v) is 2.66. The van der Waals surface area contributed by atoms with Crippen molar-refractivity contribution in [3.63, 3.8) is 0 Å². The third kappa shape index (κ3) is 2.24. The van der Waals surface area contributed by atoms with Crippen LogP contribution in [0, 0.1) is 11.3 Å². The number of hydrogen-bond acceptors (Lipinski definition) is 3. The number of anilines is 1. The van der Waals surface area contributed by atoms with Crippen molar-refractivity contribution in [1.29, 1.82) is 5.26 Å². The zero-order valence-corrected chi connectivity index (χ0v) is 12.4. The highest BCUT2D eigenvalue weighted by Gasteiger charge is 2.36. The number of carbonyl (C=O) groups is 2. The van der Waals surface area contributed by atoms with Crippen LogP contribution >= 0.6 is 15.9 Å². The molecule has 0 unspecified atom stereocenters. The maximum atomic E-state index is 12.4. The summed E-state index contributed by atoms with van der Waals surface area (Å²) in [5, 5.41) is 8.66. The first-order chi connectivity index (χ1) is 10.1. The van der Waals surface area contributed by atoms with E-state index in [1.807, 2.05) is 0 Å². The van der Waals surface area contributed by atoms with Gasteiger partial charge < -0.3 is 0 Å². The molecule has 0 aromatic heterocycles. The zero-order valence-electron chi connectivity index (χ0n) is 10.8. The van der Waals surface area contributed by atoms with E-state index >= 15 is 0 Å². The molecule has 2 aromatic rings. The van der Waals surface area contributed by atoms with E-state index < -0.39 is 0 Å². The summed E-state index contributed by atoms with van der Waals surface area (Å²) in [5.74, 6) is -0.653. The van der Waals surface area contributed by atoms with Crippen LogP contribution in [-0.2, 0) is 6.42 Å². The zero-order chi connectivity index (χ0) is 15.0. The number of nitrogens with zero attached hydrogens (tertiary/aromatic N) is 2. The predicted molar refractivity (Wildman–Crippen MR) is 81.0 cm³/mol. The Labute approximate surface area is 129 Å². The molecule has 5 heteroatoms. The number of fused-ring (bicyclic) bond motifs is 1. The molecule has 2 aromatic carbocycles. The highest BCUT2D eigenvalue weighted by molar-refractivity contribution is 9.10. The molecular weight excluding hydrogens is 332 g/mol. The van der Waals surface area contributed by atoms with Crippen LogP contribution in [-0.4, -0.2) is 11.8 Å². The van der Waals surface area contributed by atoms with Gasteiger partial charge >= 0.3 is 0 Å². The van der Waals surface area contributed by atoms with Gasteiger partial charge in [-0.1, -0.05) is 28.1 Å². The normalized spacial score (nSPS) is 13.2. The molecule has 1 heterocycles. The highest BCUT2D eigenvalue weighted by Crippen LogP contribution is 2.30. The molecule has 4 nitrogen and oxygen atoms in total. The first-order valence-electron chi connectivity index (χ1n) is 6.26. The Bertz CT molecular complexity index is 791. The minimum atomic E-state index is -0.329. The summed E-state index contributed by atoms with van der Waals surface area (Å²) < 4.78 is 0.758. The Morgan fingerprint density at radius 1 is 1.00 bits per heavy atom. The Balaban J connectivity index is 2.00. The van der Waals surface area contributed by atoms with Crippen LogP contribution < -0.4 is 4.90 Å². The van der Waals surface area contributed by atoms with Crippen molar-refractivity contribution in [3.8, 4) is 6.07 Å². The third-order valence-corrected chi connectivity index (χ3v) is 3.82. The first kappa shape index (κ1) is 13.5. The summed E-state index contributed by atoms with van der Waals surface area (Å²) in [6.45, 7) is 0. The number of benzene rings is 2. The molecule has 21 heavy (non-hydrogen) atoms. The number of rotatable bonds is 2. The summed E-state index contributed by atoms with van der Waals surface area (Å²) in [7, 11) is 0. The van der Waals surface area contributed by atoms with Crippen LogP contribution in [0.4, 0.5) is 5.69 Å². The van der Waals surface area contributed by atoms with Gasteiger partial charge in [-0.2, -0.15) is 5.26 Å². The van der Waals surface area contributed by atoms with Crippen molar-refractivity contribution in [2.75, 3.05) is 4.90 Å². The molecule has 0 spiro atoms. The minimum Gasteiger partial charge on any atom is -0.268 e. The number of amides is 2. The summed E-state index contributed by atoms with van der Waals surface area (Å²) in [4.78, 5) is 25.9. The van der Waals surface area contributed by atoms with Gasteiger partial charge in [0.15, 0.2) is 0 Å². The second kappa shape index (κ2) is 5.15. The number of nitriles is 1. The molecule has 1 aliphatic heterocycles. The van der Waals surface area contributed by atoms with Gasteiger partial charge in [0.2, 0.25) is 0 Å². The molecule has 2 amide bonds. The second-order valence-electron chi connectivity index (χ2n) is 4.64. The standard InChI is InChI=1S/C16H9BrN2O2/c17-11-3-6-13-14(9-11)16(21)19(15(13)20)12-4-1-10(2-5-12)7-8-18/h1-6,9H,7H2. The van der Waals surface area contributed by atoms with E-state index in [0.717, 1.165) is 14.9 Å². The molecule has 0 bridgehead atoms. The van der Waals surface area contributed by atoms with E-state index in [-0.39, 0.29) is 11.8 Å². The first-order valence-corrected chi connectivity index (χ1v) is 7.05. The van der Waals surface area contributed by atoms with E-state index in [2.05, 4.69) is 22.0 Å². The molecule has 0 saturated carbocycles. The lowest BCUT2D eigenvalue weighted by Gasteiger charge is -2.13. The van der Waals surface area contributed by atoms with Gasteiger partial charge in [0.05, 0.1) is 29.3 Å². The Hall–Kier alpha value is -2.45. The molecule has 0 aliphatic carbocycles. The van der Waals surface area contributed by atoms with Crippen LogP contribution in [0.1, 0.15) is 26.3 Å². The number of carbonyl (C=O) groups excluding carboxylic acids is 2. The molecule has 102 valence electrons. The number of hydrogen-bond donors (Lipinski definition) is 0. The van der Waals surface area contributed by atoms with E-state index in [4.69, 9.17) is 5.26 Å². The molecule has 0 fully saturated rings. The summed E-state index contributed by atoms with van der Waals surface area (Å²) in [6, 6.07) is 14.0. The molecule has 1 aliphatic rings. The lowest BCUT2D eigenvalue weighted by molar-refractivity contribution is 0.0926. The van der Waals surface area contributed by atoms with Crippen LogP contribution in [0.2, 0.25) is 0 Å². The van der Waals surface area contributed by atoms with Crippen molar-refractivity contribution in [2.45, 2.75) is 6.42 Å². The third-order valence-electron chi connectivity index (χ3n) is 3.33. The second-order valence-corrected chi connectivity index (χ2v) is 5.55. The van der Waals surface area contributed by atoms with E-state index in [1.54, 1.807) is 42.5 Å². The van der Waals surface area contributed by atoms with Gasteiger partial charge in [0.25, 0.3) is 11.8 Å². The van der Waals surface area contributed by atoms with E-state index in [0.29, 0.717) is 23.2 Å². The van der Waals surface area contributed by atoms with Crippen LogP contribution in [0.5, 0.6) is 0 Å². The highest BCUT2D eigenvalue weighted by atomic mass is 79.9. The smallest absolute Gasteiger partial charge is 0.266 e. The van der Waals surface area contributed by atoms with Crippen molar-refractivity contribution in [3.05, 3.63) is 63.6 Å². The van der Waals surface area contributed by atoms with Crippen molar-refractivity contribution in [1.82, 2.24) is 0 Å². The topological polar surface area (TPSA) is 61.2 Å². The quantitative estimate of drug-likeness (QED) is 0.788. The molecule has 0 saturated heterocycles. The monoisotopic (exact) mass is 340 g/mol. The summed E-state index contributed by atoms with van der Waals surface area (Å²) in [6.07, 6.45) is 0.301. The maximum absolute atomic E-state index is 12.4. The van der Waals surface area contributed by atoms with Gasteiger partial charge in [0.1, 0.15) is 0 Å². The van der Waals surface area contributed by atoms with Crippen molar-refractivity contribution < 1.29 is 9.59 Å². The molecule has 0 N–H and O–H groups in total. The van der Waals surface area contributed by atoms with Crippen LogP contribution in [0.15, 0.2) is 46.9 Å². The largest absolute Gasteiger partial charge is 0.268 e. The van der Waals surface area contributed by atoms with Gasteiger partial charge in [-0.05, 0) is 35.9 Å². The van der Waals surface area contributed by atoms with Gasteiger partial charge in [0, 0.05) is 4.47 Å². The van der Waals surface area contributed by atoms with Crippen LogP contribution in [0.25, 0.3) is 0 Å². The molecule has 0 atom stereocenters. The fraction of sp³-hybridized carbons (Fsp3) is 0.0625. The Morgan fingerprint density at radius 3 is 2.33 bits per heavy atom. The molecule has 0 radical (unpaired) electrons. The number of halogens is 1. The lowest BCUT2D eigenvalue weighted by Crippen LogP contribution is -2.29. The van der Waals surface area contributed by atoms with Crippen molar-refractivity contribution >= 4 is 33.4 Å². The van der Waals surface area contributed by atoms with Crippen LogP contribution in [0.3, 0.4) is 0 Å². The van der Waals surface area contributed by atoms with Crippen molar-refractivity contribution in [2.24, 2.45) is 0 Å². The van der Waals surface area contributed by atoms with Gasteiger partial charge in [-0.25, -0.2) is 4.90 Å². The fourth-order valence-electron chi connectivity index (χ4n) is 2.30. The number of imide groups is 1. The summed E-state index contributed by atoms with van der Waals surface area (Å²) in [5.41, 5.74) is 2.17. The lowest BCUT2D eigenvalue weighted by atomic mass is 10.1. The maximum Gasteiger partial charge on any atom is 0.266 e. The molecular formula is C16H9BrN2O2. The Kier molecular flexibility index (Phi) is 3.32. The molecule has 3 rings (SSSR count). The average Bonchev–Trinajstić information content (AvgIpc) is 2.72. The van der Waals surface area contributed by atoms with Gasteiger partial charge in [-0.15, -0.1) is 0 Å². The minimum absolute atomic E-state index is 0.301. The average molecular weight is 341 g/mol. The van der Waals surface area contributed by atoms with Gasteiger partial charge in [-0.3, -0.25) is 9.59 Å². The SMILES string of the molecule is N#CCc1ccc(N2C(=O)c3ccc(Br)cc3C2=O)cc1. The Morgan fingerprint density at radius 2 is 1.67 bits per heavy atom. The summed E-state index contributed by atoms with van der Waals surface area (Å²) >= 11 is 3.30. The van der Waals surface area contributed by atoms with E-state index in [9.17, 15) is 9.59 Å². The van der Waals surface area contributed by atoms with E-state index in [1.165, 1.54) is 0 Å². The predicted octanol–water partition coefficient (Wildman–Crippen LogP) is 3.32.